The van der Waals surface area contributed by atoms with Crippen LogP contribution in [0.4, 0.5) is 15.0 Å². The van der Waals surface area contributed by atoms with E-state index in [0.29, 0.717) is 41.4 Å². The van der Waals surface area contributed by atoms with E-state index in [4.69, 9.17) is 11.6 Å². The minimum atomic E-state index is -0.532. The number of aromatic amines is 1. The molecular weight excluding hydrogens is 409 g/mol. The molecule has 3 aromatic rings. The van der Waals surface area contributed by atoms with Gasteiger partial charge in [0.05, 0.1) is 11.2 Å². The van der Waals surface area contributed by atoms with Gasteiger partial charge in [0, 0.05) is 49.5 Å². The van der Waals surface area contributed by atoms with Gasteiger partial charge < -0.3 is 20.5 Å². The zero-order valence-corrected chi connectivity index (χ0v) is 18.1. The minimum absolute atomic E-state index is 0.125. The molecule has 0 aromatic carbocycles. The number of nitrogens with one attached hydrogen (secondary N) is 3. The lowest BCUT2D eigenvalue weighted by molar-refractivity contribution is 0.203. The van der Waals surface area contributed by atoms with Crippen LogP contribution in [0.3, 0.4) is 0 Å². The van der Waals surface area contributed by atoms with Gasteiger partial charge in [-0.3, -0.25) is 0 Å². The highest BCUT2D eigenvalue weighted by Gasteiger charge is 2.21. The fourth-order valence-electron chi connectivity index (χ4n) is 2.98. The molecule has 30 heavy (non-hydrogen) atoms. The quantitative estimate of drug-likeness (QED) is 0.488. The highest BCUT2D eigenvalue weighted by molar-refractivity contribution is 6.31. The maximum absolute atomic E-state index is 14.2. The summed E-state index contributed by atoms with van der Waals surface area (Å²) in [4.78, 5) is 29.0. The first-order chi connectivity index (χ1) is 14.2. The maximum atomic E-state index is 14.2. The molecule has 2 amide bonds. The zero-order chi connectivity index (χ0) is 21.9. The Balaban J connectivity index is 1.66. The maximum Gasteiger partial charge on any atom is 0.317 e. The number of urea groups is 1. The average Bonchev–Trinajstić information content (AvgIpc) is 3.09. The summed E-state index contributed by atoms with van der Waals surface area (Å²) in [6.45, 7) is 4.40. The Hall–Kier alpha value is -2.94. The van der Waals surface area contributed by atoms with Gasteiger partial charge in [-0.1, -0.05) is 11.6 Å². The molecule has 0 atom stereocenters. The number of hydrogen-bond acceptors (Lipinski definition) is 5. The predicted molar refractivity (Wildman–Crippen MR) is 116 cm³/mol. The lowest BCUT2D eigenvalue weighted by atomic mass is 9.98. The van der Waals surface area contributed by atoms with Crippen molar-refractivity contribution in [3.63, 3.8) is 0 Å². The van der Waals surface area contributed by atoms with Crippen molar-refractivity contribution in [3.05, 3.63) is 35.5 Å². The second kappa shape index (κ2) is 8.83. The van der Waals surface area contributed by atoms with Gasteiger partial charge in [-0.2, -0.15) is 0 Å². The van der Waals surface area contributed by atoms with Crippen molar-refractivity contribution in [2.45, 2.75) is 32.2 Å². The van der Waals surface area contributed by atoms with E-state index in [-0.39, 0.29) is 17.4 Å². The Morgan fingerprint density at radius 2 is 2.07 bits per heavy atom. The largest absolute Gasteiger partial charge is 0.368 e. The lowest BCUT2D eigenvalue weighted by Crippen LogP contribution is -2.48. The van der Waals surface area contributed by atoms with Gasteiger partial charge in [0.25, 0.3) is 0 Å². The smallest absolute Gasteiger partial charge is 0.317 e. The minimum Gasteiger partial charge on any atom is -0.368 e. The number of pyridine rings is 1. The van der Waals surface area contributed by atoms with Crippen LogP contribution in [-0.4, -0.2) is 57.0 Å². The van der Waals surface area contributed by atoms with Crippen LogP contribution in [0.25, 0.3) is 22.4 Å². The number of nitrogens with zero attached hydrogens (tertiary/aromatic N) is 4. The Morgan fingerprint density at radius 1 is 1.30 bits per heavy atom. The van der Waals surface area contributed by atoms with Crippen molar-refractivity contribution in [1.82, 2.24) is 30.2 Å². The van der Waals surface area contributed by atoms with Gasteiger partial charge in [-0.05, 0) is 32.8 Å². The van der Waals surface area contributed by atoms with Crippen LogP contribution in [0, 0.1) is 5.82 Å². The first-order valence-corrected chi connectivity index (χ1v) is 9.93. The summed E-state index contributed by atoms with van der Waals surface area (Å²) in [5, 5.41) is 7.23. The highest BCUT2D eigenvalue weighted by atomic mass is 35.5. The monoisotopic (exact) mass is 433 g/mol. The van der Waals surface area contributed by atoms with Crippen LogP contribution in [0.1, 0.15) is 26.7 Å². The molecule has 8 nitrogen and oxygen atoms in total. The second-order valence-corrected chi connectivity index (χ2v) is 8.32. The van der Waals surface area contributed by atoms with Crippen LogP contribution in [0.15, 0.2) is 24.7 Å². The van der Waals surface area contributed by atoms with E-state index >= 15 is 0 Å². The number of amides is 2. The average molecular weight is 434 g/mol. The number of carbonyl (C=O) groups is 1. The third kappa shape index (κ3) is 5.15. The topological polar surface area (TPSA) is 98.8 Å². The second-order valence-electron chi connectivity index (χ2n) is 7.88. The molecule has 3 heterocycles. The summed E-state index contributed by atoms with van der Waals surface area (Å²) >= 11 is 6.04. The zero-order valence-electron chi connectivity index (χ0n) is 17.4. The van der Waals surface area contributed by atoms with E-state index in [0.717, 1.165) is 11.6 Å². The third-order valence-electron chi connectivity index (χ3n) is 4.61. The summed E-state index contributed by atoms with van der Waals surface area (Å²) in [6, 6.07) is 1.62. The normalized spacial score (nSPS) is 11.5. The van der Waals surface area contributed by atoms with Gasteiger partial charge in [-0.15, -0.1) is 0 Å². The fraction of sp³-hybridized carbons (Fsp3) is 0.400. The predicted octanol–water partition coefficient (Wildman–Crippen LogP) is 4.05. The summed E-state index contributed by atoms with van der Waals surface area (Å²) < 4.78 is 14.2. The molecule has 3 N–H and O–H groups in total. The van der Waals surface area contributed by atoms with Crippen LogP contribution in [0.5, 0.6) is 0 Å². The summed E-state index contributed by atoms with van der Waals surface area (Å²) in [6.07, 6.45) is 5.84. The number of carbonyl (C=O) groups excluding carboxylic acids is 1. The Kier molecular flexibility index (Phi) is 6.40. The molecule has 0 aliphatic rings. The van der Waals surface area contributed by atoms with Crippen LogP contribution in [-0.2, 0) is 0 Å². The molecule has 0 saturated heterocycles. The van der Waals surface area contributed by atoms with Gasteiger partial charge >= 0.3 is 6.03 Å². The van der Waals surface area contributed by atoms with Crippen molar-refractivity contribution in [1.29, 1.82) is 0 Å². The SMILES string of the molecule is CN(C)C(=O)NC(C)(C)CCCNc1nc(-c2c[nH]c3ncc(Cl)cc23)ncc1F. The van der Waals surface area contributed by atoms with E-state index in [1.54, 1.807) is 32.6 Å². The number of anilines is 1. The molecule has 0 aliphatic heterocycles. The molecule has 0 unspecified atom stereocenters. The Labute approximate surface area is 179 Å². The van der Waals surface area contributed by atoms with Crippen molar-refractivity contribution in [3.8, 4) is 11.4 Å². The Bertz CT molecular complexity index is 1050. The summed E-state index contributed by atoms with van der Waals surface area (Å²) in [5.74, 6) is -0.0396. The standard InChI is InChI=1S/C20H25ClFN7O/c1-20(2,28-19(30)29(3)4)6-5-7-23-18-15(22)11-26-17(27-18)14-10-25-16-13(14)8-12(21)9-24-16/h8-11H,5-7H2,1-4H3,(H,24,25)(H,28,30)(H,23,26,27). The summed E-state index contributed by atoms with van der Waals surface area (Å²) in [7, 11) is 3.39. The molecule has 0 aliphatic carbocycles. The van der Waals surface area contributed by atoms with Crippen LogP contribution >= 0.6 is 11.6 Å². The molecule has 3 aromatic heterocycles. The molecular formula is C20H25ClFN7O. The van der Waals surface area contributed by atoms with E-state index in [1.165, 1.54) is 4.90 Å². The molecule has 0 bridgehead atoms. The third-order valence-corrected chi connectivity index (χ3v) is 4.81. The highest BCUT2D eigenvalue weighted by Crippen LogP contribution is 2.28. The van der Waals surface area contributed by atoms with E-state index in [1.807, 2.05) is 13.8 Å². The number of halogens is 2. The summed E-state index contributed by atoms with van der Waals surface area (Å²) in [5.41, 5.74) is 0.962. The number of aromatic nitrogens is 4. The van der Waals surface area contributed by atoms with E-state index in [2.05, 4.69) is 30.6 Å². The Morgan fingerprint density at radius 3 is 2.80 bits per heavy atom. The number of hydrogen-bond donors (Lipinski definition) is 3. The number of rotatable bonds is 7. The molecule has 0 radical (unpaired) electrons. The molecule has 160 valence electrons. The fourth-order valence-corrected chi connectivity index (χ4v) is 3.14. The van der Waals surface area contributed by atoms with E-state index in [9.17, 15) is 9.18 Å². The number of H-pyrrole nitrogens is 1. The van der Waals surface area contributed by atoms with Gasteiger partial charge in [0.2, 0.25) is 0 Å². The molecule has 0 spiro atoms. The van der Waals surface area contributed by atoms with Gasteiger partial charge in [0.15, 0.2) is 17.5 Å². The van der Waals surface area contributed by atoms with E-state index < -0.39 is 5.82 Å². The molecule has 10 heteroatoms. The molecule has 0 saturated carbocycles. The van der Waals surface area contributed by atoms with Crippen molar-refractivity contribution >= 4 is 34.5 Å². The van der Waals surface area contributed by atoms with Crippen LogP contribution in [0.2, 0.25) is 5.02 Å². The molecule has 3 rings (SSSR count). The lowest BCUT2D eigenvalue weighted by Gasteiger charge is -2.28. The van der Waals surface area contributed by atoms with Crippen LogP contribution < -0.4 is 10.6 Å². The van der Waals surface area contributed by atoms with Crippen molar-refractivity contribution in [2.24, 2.45) is 0 Å². The first-order valence-electron chi connectivity index (χ1n) is 9.55. The number of fused-ring (bicyclic) bond motifs is 1. The van der Waals surface area contributed by atoms with Gasteiger partial charge in [0.1, 0.15) is 5.65 Å². The molecule has 0 fully saturated rings. The first kappa shape index (κ1) is 21.8. The van der Waals surface area contributed by atoms with Crippen molar-refractivity contribution in [2.75, 3.05) is 26.0 Å². The van der Waals surface area contributed by atoms with Gasteiger partial charge in [-0.25, -0.2) is 24.1 Å². The van der Waals surface area contributed by atoms with Crippen molar-refractivity contribution < 1.29 is 9.18 Å².